The number of carbonyl (C=O) groups is 1. The molecule has 1 saturated carbocycles. The van der Waals surface area contributed by atoms with Crippen LogP contribution in [0, 0.1) is 0 Å². The van der Waals surface area contributed by atoms with Crippen molar-refractivity contribution in [1.82, 2.24) is 4.98 Å². The molecule has 3 nitrogen and oxygen atoms in total. The standard InChI is InChI=1S/C16H15NO2S/c18-16(19)12-6-7-13-14(12)17-15(20-13)11-3-1-2-10(8-11)9-4-5-9/h1-3,8-9,12H,4-7H2,(H,18,19). The van der Waals surface area contributed by atoms with E-state index in [1.807, 2.05) is 0 Å². The zero-order valence-electron chi connectivity index (χ0n) is 11.0. The molecule has 4 heteroatoms. The molecule has 0 saturated heterocycles. The maximum atomic E-state index is 11.2. The van der Waals surface area contributed by atoms with Gasteiger partial charge in [0, 0.05) is 10.4 Å². The fraction of sp³-hybridized carbons (Fsp3) is 0.375. The average Bonchev–Trinajstić information content (AvgIpc) is 3.08. The summed E-state index contributed by atoms with van der Waals surface area (Å²) in [6, 6.07) is 8.57. The zero-order valence-corrected chi connectivity index (χ0v) is 11.8. The lowest BCUT2D eigenvalue weighted by Crippen LogP contribution is -2.08. The van der Waals surface area contributed by atoms with Gasteiger partial charge in [0.2, 0.25) is 0 Å². The molecular weight excluding hydrogens is 270 g/mol. The average molecular weight is 285 g/mol. The Morgan fingerprint density at radius 1 is 1.30 bits per heavy atom. The van der Waals surface area contributed by atoms with E-state index < -0.39 is 11.9 Å². The Hall–Kier alpha value is -1.68. The Morgan fingerprint density at radius 2 is 2.15 bits per heavy atom. The molecule has 1 heterocycles. The maximum Gasteiger partial charge on any atom is 0.312 e. The van der Waals surface area contributed by atoms with E-state index in [1.165, 1.54) is 18.4 Å². The van der Waals surface area contributed by atoms with E-state index >= 15 is 0 Å². The van der Waals surface area contributed by atoms with Gasteiger partial charge in [-0.1, -0.05) is 18.2 Å². The second-order valence-electron chi connectivity index (χ2n) is 5.66. The molecule has 1 atom stereocenters. The van der Waals surface area contributed by atoms with Gasteiger partial charge in [0.1, 0.15) is 10.9 Å². The first-order valence-corrected chi connectivity index (χ1v) is 7.87. The summed E-state index contributed by atoms with van der Waals surface area (Å²) in [5, 5.41) is 10.2. The summed E-state index contributed by atoms with van der Waals surface area (Å²) in [5.74, 6) is -0.414. The highest BCUT2D eigenvalue weighted by molar-refractivity contribution is 7.15. The van der Waals surface area contributed by atoms with Gasteiger partial charge in [-0.05, 0) is 43.2 Å². The van der Waals surface area contributed by atoms with Crippen molar-refractivity contribution in [3.8, 4) is 10.6 Å². The number of thiazole rings is 1. The van der Waals surface area contributed by atoms with Crippen LogP contribution in [0.2, 0.25) is 0 Å². The Labute approximate surface area is 121 Å². The van der Waals surface area contributed by atoms with E-state index in [2.05, 4.69) is 29.2 Å². The highest BCUT2D eigenvalue weighted by Gasteiger charge is 2.32. The van der Waals surface area contributed by atoms with Crippen LogP contribution in [0.5, 0.6) is 0 Å². The third kappa shape index (κ3) is 1.95. The van der Waals surface area contributed by atoms with Gasteiger partial charge in [-0.25, -0.2) is 4.98 Å². The van der Waals surface area contributed by atoms with Gasteiger partial charge in [0.05, 0.1) is 5.69 Å². The molecular formula is C16H15NO2S. The van der Waals surface area contributed by atoms with Gasteiger partial charge in [-0.3, -0.25) is 4.79 Å². The van der Waals surface area contributed by atoms with Crippen LogP contribution in [0.3, 0.4) is 0 Å². The molecule has 0 aliphatic heterocycles. The summed E-state index contributed by atoms with van der Waals surface area (Å²) < 4.78 is 0. The van der Waals surface area contributed by atoms with E-state index in [0.717, 1.165) is 33.5 Å². The van der Waals surface area contributed by atoms with Crippen molar-refractivity contribution in [2.24, 2.45) is 0 Å². The third-order valence-corrected chi connectivity index (χ3v) is 5.38. The fourth-order valence-electron chi connectivity index (χ4n) is 2.93. The van der Waals surface area contributed by atoms with Gasteiger partial charge < -0.3 is 5.11 Å². The summed E-state index contributed by atoms with van der Waals surface area (Å²) in [6.45, 7) is 0. The number of aliphatic carboxylic acids is 1. The minimum atomic E-state index is -0.743. The van der Waals surface area contributed by atoms with E-state index in [-0.39, 0.29) is 0 Å². The number of benzene rings is 1. The smallest absolute Gasteiger partial charge is 0.312 e. The SMILES string of the molecule is O=C(O)C1CCc2sc(-c3cccc(C4CC4)c3)nc21. The lowest BCUT2D eigenvalue weighted by molar-refractivity contribution is -0.138. The quantitative estimate of drug-likeness (QED) is 0.933. The Morgan fingerprint density at radius 3 is 2.90 bits per heavy atom. The van der Waals surface area contributed by atoms with E-state index in [1.54, 1.807) is 11.3 Å². The van der Waals surface area contributed by atoms with Gasteiger partial charge in [0.25, 0.3) is 0 Å². The van der Waals surface area contributed by atoms with Gasteiger partial charge in [0.15, 0.2) is 0 Å². The first-order valence-electron chi connectivity index (χ1n) is 7.05. The van der Waals surface area contributed by atoms with Crippen molar-refractivity contribution >= 4 is 17.3 Å². The summed E-state index contributed by atoms with van der Waals surface area (Å²) in [6.07, 6.45) is 4.13. The summed E-state index contributed by atoms with van der Waals surface area (Å²) >= 11 is 1.66. The molecule has 1 unspecified atom stereocenters. The van der Waals surface area contributed by atoms with Crippen molar-refractivity contribution in [3.63, 3.8) is 0 Å². The van der Waals surface area contributed by atoms with Crippen molar-refractivity contribution in [2.45, 2.75) is 37.5 Å². The van der Waals surface area contributed by atoms with E-state index in [0.29, 0.717) is 6.42 Å². The molecule has 1 fully saturated rings. The zero-order chi connectivity index (χ0) is 13.7. The first kappa shape index (κ1) is 12.1. The second kappa shape index (κ2) is 4.42. The van der Waals surface area contributed by atoms with E-state index in [9.17, 15) is 9.90 Å². The molecule has 1 aromatic heterocycles. The highest BCUT2D eigenvalue weighted by Crippen LogP contribution is 2.43. The topological polar surface area (TPSA) is 50.2 Å². The van der Waals surface area contributed by atoms with Crippen LogP contribution in [-0.4, -0.2) is 16.1 Å². The Kier molecular flexibility index (Phi) is 2.67. The van der Waals surface area contributed by atoms with Crippen LogP contribution in [0.1, 0.15) is 47.2 Å². The molecule has 102 valence electrons. The number of nitrogens with zero attached hydrogens (tertiary/aromatic N) is 1. The normalized spacial score (nSPS) is 20.9. The highest BCUT2D eigenvalue weighted by atomic mass is 32.1. The lowest BCUT2D eigenvalue weighted by Gasteiger charge is -2.03. The molecule has 0 bridgehead atoms. The molecule has 0 amide bonds. The number of aryl methyl sites for hydroxylation is 1. The second-order valence-corrected chi connectivity index (χ2v) is 6.74. The molecule has 4 rings (SSSR count). The number of hydrogen-bond donors (Lipinski definition) is 1. The minimum absolute atomic E-state index is 0.401. The largest absolute Gasteiger partial charge is 0.481 e. The van der Waals surface area contributed by atoms with Crippen molar-refractivity contribution in [1.29, 1.82) is 0 Å². The van der Waals surface area contributed by atoms with Crippen LogP contribution in [0.15, 0.2) is 24.3 Å². The first-order chi connectivity index (χ1) is 9.72. The molecule has 0 spiro atoms. The van der Waals surface area contributed by atoms with Gasteiger partial charge in [-0.15, -0.1) is 11.3 Å². The molecule has 1 N–H and O–H groups in total. The Bertz CT molecular complexity index is 688. The summed E-state index contributed by atoms with van der Waals surface area (Å²) in [4.78, 5) is 17.0. The van der Waals surface area contributed by atoms with Crippen molar-refractivity contribution < 1.29 is 9.90 Å². The number of rotatable bonds is 3. The molecule has 20 heavy (non-hydrogen) atoms. The monoisotopic (exact) mass is 285 g/mol. The number of aromatic nitrogens is 1. The summed E-state index contributed by atoms with van der Waals surface area (Å²) in [5.41, 5.74) is 3.33. The maximum absolute atomic E-state index is 11.2. The van der Waals surface area contributed by atoms with E-state index in [4.69, 9.17) is 0 Å². The third-order valence-electron chi connectivity index (χ3n) is 4.20. The molecule has 2 aliphatic rings. The van der Waals surface area contributed by atoms with Gasteiger partial charge in [-0.2, -0.15) is 0 Å². The van der Waals surface area contributed by atoms with Gasteiger partial charge >= 0.3 is 5.97 Å². The molecule has 2 aromatic rings. The molecule has 1 aromatic carbocycles. The number of carboxylic acids is 1. The van der Waals surface area contributed by atoms with Crippen LogP contribution in [-0.2, 0) is 11.2 Å². The van der Waals surface area contributed by atoms with Crippen LogP contribution >= 0.6 is 11.3 Å². The molecule has 0 radical (unpaired) electrons. The Balaban J connectivity index is 1.71. The van der Waals surface area contributed by atoms with Crippen molar-refractivity contribution in [3.05, 3.63) is 40.4 Å². The van der Waals surface area contributed by atoms with Crippen LogP contribution < -0.4 is 0 Å². The lowest BCUT2D eigenvalue weighted by atomic mass is 10.1. The number of carboxylic acid groups (broad SMARTS) is 1. The number of fused-ring (bicyclic) bond motifs is 1. The molecule has 2 aliphatic carbocycles. The van der Waals surface area contributed by atoms with Crippen LogP contribution in [0.4, 0.5) is 0 Å². The van der Waals surface area contributed by atoms with Crippen LogP contribution in [0.25, 0.3) is 10.6 Å². The number of hydrogen-bond acceptors (Lipinski definition) is 3. The minimum Gasteiger partial charge on any atom is -0.481 e. The summed E-state index contributed by atoms with van der Waals surface area (Å²) in [7, 11) is 0. The predicted octanol–water partition coefficient (Wildman–Crippen LogP) is 3.80. The predicted molar refractivity (Wildman–Crippen MR) is 78.2 cm³/mol. The fourth-order valence-corrected chi connectivity index (χ4v) is 4.07. The van der Waals surface area contributed by atoms with Crippen molar-refractivity contribution in [2.75, 3.05) is 0 Å².